The fourth-order valence-electron chi connectivity index (χ4n) is 3.91. The zero-order chi connectivity index (χ0) is 19.5. The number of hydrogen-bond acceptors (Lipinski definition) is 2. The number of aromatic nitrogens is 2. The number of carbonyl (C=O) groups is 1. The number of hydrogen-bond donors (Lipinski definition) is 0. The lowest BCUT2D eigenvalue weighted by Gasteiger charge is -2.24. The standard InChI is InChI=1S/C23H24FN3O/c1-26-22(15-21(25-26)18-10-12-20(24)13-11-18)23(28)27-14-6-5-9-19(16-27)17-7-3-2-4-8-17/h2-4,7-8,10-13,15,19H,5-6,9,14,16H2,1H3/t19-/m0/s1. The highest BCUT2D eigenvalue weighted by Gasteiger charge is 2.26. The topological polar surface area (TPSA) is 38.1 Å². The highest BCUT2D eigenvalue weighted by molar-refractivity contribution is 5.93. The van der Waals surface area contributed by atoms with Crippen molar-refractivity contribution in [3.63, 3.8) is 0 Å². The maximum Gasteiger partial charge on any atom is 0.272 e. The van der Waals surface area contributed by atoms with Crippen molar-refractivity contribution in [1.82, 2.24) is 14.7 Å². The predicted molar refractivity (Wildman–Crippen MR) is 108 cm³/mol. The van der Waals surface area contributed by atoms with E-state index in [-0.39, 0.29) is 11.7 Å². The second-order valence-corrected chi connectivity index (χ2v) is 7.40. The molecule has 0 unspecified atom stereocenters. The number of benzene rings is 2. The molecule has 2 heterocycles. The molecule has 1 aliphatic heterocycles. The third-order valence-electron chi connectivity index (χ3n) is 5.47. The number of carbonyl (C=O) groups excluding carboxylic acids is 1. The number of rotatable bonds is 3. The average Bonchev–Trinajstić information content (AvgIpc) is 2.94. The van der Waals surface area contributed by atoms with Gasteiger partial charge in [-0.05, 0) is 48.7 Å². The second-order valence-electron chi connectivity index (χ2n) is 7.40. The quantitative estimate of drug-likeness (QED) is 0.667. The zero-order valence-corrected chi connectivity index (χ0v) is 16.0. The van der Waals surface area contributed by atoms with E-state index in [2.05, 4.69) is 29.4 Å². The molecule has 0 saturated carbocycles. The van der Waals surface area contributed by atoms with Crippen molar-refractivity contribution in [1.29, 1.82) is 0 Å². The van der Waals surface area contributed by atoms with E-state index in [1.165, 1.54) is 17.7 Å². The minimum atomic E-state index is -0.285. The van der Waals surface area contributed by atoms with Crippen molar-refractivity contribution in [2.75, 3.05) is 13.1 Å². The summed E-state index contributed by atoms with van der Waals surface area (Å²) in [6.45, 7) is 1.49. The van der Waals surface area contributed by atoms with Crippen LogP contribution in [0, 0.1) is 5.82 Å². The number of likely N-dealkylation sites (tertiary alicyclic amines) is 1. The van der Waals surface area contributed by atoms with Gasteiger partial charge in [0.1, 0.15) is 11.5 Å². The van der Waals surface area contributed by atoms with E-state index in [0.717, 1.165) is 37.9 Å². The third-order valence-corrected chi connectivity index (χ3v) is 5.47. The Morgan fingerprint density at radius 2 is 1.82 bits per heavy atom. The summed E-state index contributed by atoms with van der Waals surface area (Å²) in [7, 11) is 1.78. The van der Waals surface area contributed by atoms with Crippen LogP contribution in [0.4, 0.5) is 4.39 Å². The van der Waals surface area contributed by atoms with Gasteiger partial charge in [0.05, 0.1) is 5.69 Å². The molecule has 4 nitrogen and oxygen atoms in total. The van der Waals surface area contributed by atoms with E-state index in [4.69, 9.17) is 0 Å². The second kappa shape index (κ2) is 7.97. The van der Waals surface area contributed by atoms with Crippen molar-refractivity contribution in [3.05, 3.63) is 77.7 Å². The van der Waals surface area contributed by atoms with E-state index >= 15 is 0 Å². The van der Waals surface area contributed by atoms with Crippen molar-refractivity contribution in [3.8, 4) is 11.3 Å². The molecule has 3 aromatic rings. The van der Waals surface area contributed by atoms with Gasteiger partial charge in [0.15, 0.2) is 0 Å². The summed E-state index contributed by atoms with van der Waals surface area (Å²) >= 11 is 0. The van der Waals surface area contributed by atoms with E-state index < -0.39 is 0 Å². The highest BCUT2D eigenvalue weighted by Crippen LogP contribution is 2.28. The Balaban J connectivity index is 1.57. The molecule has 0 radical (unpaired) electrons. The molecule has 1 amide bonds. The smallest absolute Gasteiger partial charge is 0.272 e. The molecule has 1 fully saturated rings. The molecule has 5 heteroatoms. The van der Waals surface area contributed by atoms with Crippen molar-refractivity contribution < 1.29 is 9.18 Å². The lowest BCUT2D eigenvalue weighted by atomic mass is 9.94. The van der Waals surface area contributed by atoms with E-state index in [1.54, 1.807) is 29.9 Å². The normalized spacial score (nSPS) is 17.4. The molecule has 1 aromatic heterocycles. The average molecular weight is 377 g/mol. The van der Waals surface area contributed by atoms with Crippen LogP contribution >= 0.6 is 0 Å². The molecule has 0 bridgehead atoms. The zero-order valence-electron chi connectivity index (χ0n) is 16.0. The van der Waals surface area contributed by atoms with Gasteiger partial charge in [-0.2, -0.15) is 5.10 Å². The molecule has 0 spiro atoms. The van der Waals surface area contributed by atoms with Crippen molar-refractivity contribution in [2.24, 2.45) is 7.05 Å². The number of amides is 1. The maximum atomic E-state index is 13.3. The highest BCUT2D eigenvalue weighted by atomic mass is 19.1. The lowest BCUT2D eigenvalue weighted by molar-refractivity contribution is 0.0743. The van der Waals surface area contributed by atoms with E-state index in [1.807, 2.05) is 11.0 Å². The Bertz CT molecular complexity index is 950. The van der Waals surface area contributed by atoms with Gasteiger partial charge in [-0.15, -0.1) is 0 Å². The van der Waals surface area contributed by atoms with Gasteiger partial charge in [-0.25, -0.2) is 4.39 Å². The monoisotopic (exact) mass is 377 g/mol. The summed E-state index contributed by atoms with van der Waals surface area (Å²) in [6.07, 6.45) is 3.23. The van der Waals surface area contributed by atoms with Gasteiger partial charge in [-0.1, -0.05) is 36.8 Å². The van der Waals surface area contributed by atoms with Gasteiger partial charge in [0.25, 0.3) is 5.91 Å². The molecular formula is C23H24FN3O. The third kappa shape index (κ3) is 3.84. The Morgan fingerprint density at radius 3 is 2.57 bits per heavy atom. The summed E-state index contributed by atoms with van der Waals surface area (Å²) in [5.41, 5.74) is 3.33. The van der Waals surface area contributed by atoms with Gasteiger partial charge in [0.2, 0.25) is 0 Å². The van der Waals surface area contributed by atoms with Crippen LogP contribution < -0.4 is 0 Å². The van der Waals surface area contributed by atoms with Crippen LogP contribution in [-0.4, -0.2) is 33.7 Å². The largest absolute Gasteiger partial charge is 0.337 e. The fraction of sp³-hybridized carbons (Fsp3) is 0.304. The van der Waals surface area contributed by atoms with E-state index in [9.17, 15) is 9.18 Å². The van der Waals surface area contributed by atoms with Crippen molar-refractivity contribution in [2.45, 2.75) is 25.2 Å². The maximum absolute atomic E-state index is 13.3. The summed E-state index contributed by atoms with van der Waals surface area (Å²) in [4.78, 5) is 15.2. The van der Waals surface area contributed by atoms with Gasteiger partial charge in [-0.3, -0.25) is 9.48 Å². The lowest BCUT2D eigenvalue weighted by Crippen LogP contribution is -2.35. The number of nitrogens with zero attached hydrogens (tertiary/aromatic N) is 3. The van der Waals surface area contributed by atoms with Crippen molar-refractivity contribution >= 4 is 5.91 Å². The first-order valence-electron chi connectivity index (χ1n) is 9.76. The summed E-state index contributed by atoms with van der Waals surface area (Å²) in [5.74, 6) is 0.0798. The first kappa shape index (κ1) is 18.4. The molecule has 1 aliphatic rings. The molecule has 4 rings (SSSR count). The summed E-state index contributed by atoms with van der Waals surface area (Å²) in [5, 5.41) is 4.47. The first-order chi connectivity index (χ1) is 13.6. The van der Waals surface area contributed by atoms with Crippen LogP contribution in [0.2, 0.25) is 0 Å². The minimum absolute atomic E-state index is 0.00573. The number of aryl methyl sites for hydroxylation is 1. The van der Waals surface area contributed by atoms with Crippen LogP contribution in [0.25, 0.3) is 11.3 Å². The Labute approximate surface area is 164 Å². The molecule has 0 aliphatic carbocycles. The van der Waals surface area contributed by atoms with Crippen LogP contribution in [0.3, 0.4) is 0 Å². The molecule has 144 valence electrons. The van der Waals surface area contributed by atoms with Crippen LogP contribution in [-0.2, 0) is 7.05 Å². The Morgan fingerprint density at radius 1 is 1.07 bits per heavy atom. The minimum Gasteiger partial charge on any atom is -0.337 e. The summed E-state index contributed by atoms with van der Waals surface area (Å²) in [6, 6.07) is 18.4. The van der Waals surface area contributed by atoms with Gasteiger partial charge >= 0.3 is 0 Å². The Kier molecular flexibility index (Phi) is 5.24. The SMILES string of the molecule is Cn1nc(-c2ccc(F)cc2)cc1C(=O)N1CCCC[C@H](c2ccccc2)C1. The van der Waals surface area contributed by atoms with Crippen LogP contribution in [0.1, 0.15) is 41.2 Å². The predicted octanol–water partition coefficient (Wildman–Crippen LogP) is 4.64. The molecule has 0 N–H and O–H groups in total. The summed E-state index contributed by atoms with van der Waals surface area (Å²) < 4.78 is 14.8. The van der Waals surface area contributed by atoms with Crippen LogP contribution in [0.5, 0.6) is 0 Å². The van der Waals surface area contributed by atoms with Crippen LogP contribution in [0.15, 0.2) is 60.7 Å². The molecule has 1 saturated heterocycles. The number of halogens is 1. The molecule has 28 heavy (non-hydrogen) atoms. The molecule has 1 atom stereocenters. The fourth-order valence-corrected chi connectivity index (χ4v) is 3.91. The molecular weight excluding hydrogens is 353 g/mol. The van der Waals surface area contributed by atoms with E-state index in [0.29, 0.717) is 17.3 Å². The van der Waals surface area contributed by atoms with Gasteiger partial charge in [0, 0.05) is 31.6 Å². The Hall–Kier alpha value is -2.95. The first-order valence-corrected chi connectivity index (χ1v) is 9.76. The van der Waals surface area contributed by atoms with Gasteiger partial charge < -0.3 is 4.90 Å². The molecule has 2 aromatic carbocycles.